The summed E-state index contributed by atoms with van der Waals surface area (Å²) in [5, 5.41) is 24.4. The van der Waals surface area contributed by atoms with E-state index in [4.69, 9.17) is 4.42 Å². The number of amides is 2. The summed E-state index contributed by atoms with van der Waals surface area (Å²) in [6, 6.07) is 7.72. The first kappa shape index (κ1) is 24.1. The number of hydrogen-bond donors (Lipinski definition) is 2. The van der Waals surface area contributed by atoms with Gasteiger partial charge in [0.1, 0.15) is 18.1 Å². The topological polar surface area (TPSA) is 126 Å². The highest BCUT2D eigenvalue weighted by atomic mass is 19.1. The number of nitrogens with zero attached hydrogens (tertiary/aromatic N) is 5. The van der Waals surface area contributed by atoms with Crippen molar-refractivity contribution in [3.8, 4) is 11.4 Å². The predicted molar refractivity (Wildman–Crippen MR) is 116 cm³/mol. The molecule has 0 fully saturated rings. The molecule has 0 saturated carbocycles. The van der Waals surface area contributed by atoms with Gasteiger partial charge < -0.3 is 19.7 Å². The van der Waals surface area contributed by atoms with Gasteiger partial charge in [0, 0.05) is 18.7 Å². The number of carbonyl (C=O) groups is 2. The van der Waals surface area contributed by atoms with E-state index >= 15 is 0 Å². The van der Waals surface area contributed by atoms with Crippen LogP contribution in [0.25, 0.3) is 11.4 Å². The molecule has 2 aromatic heterocycles. The van der Waals surface area contributed by atoms with E-state index in [-0.39, 0.29) is 31.3 Å². The van der Waals surface area contributed by atoms with E-state index in [0.717, 1.165) is 11.2 Å². The molecule has 0 saturated heterocycles. The van der Waals surface area contributed by atoms with Crippen molar-refractivity contribution >= 4 is 11.8 Å². The number of aromatic nitrogens is 4. The van der Waals surface area contributed by atoms with Crippen LogP contribution in [0.3, 0.4) is 0 Å². The fourth-order valence-electron chi connectivity index (χ4n) is 3.19. The van der Waals surface area contributed by atoms with E-state index in [0.29, 0.717) is 18.0 Å². The normalized spacial score (nSPS) is 12.0. The van der Waals surface area contributed by atoms with E-state index in [9.17, 15) is 19.1 Å². The molecule has 0 radical (unpaired) electrons. The van der Waals surface area contributed by atoms with Gasteiger partial charge in [0.25, 0.3) is 5.91 Å². The van der Waals surface area contributed by atoms with Gasteiger partial charge in [-0.05, 0) is 54.0 Å². The summed E-state index contributed by atoms with van der Waals surface area (Å²) in [7, 11) is 0. The zero-order valence-electron chi connectivity index (χ0n) is 18.5. The standard InChI is InChI=1S/C22H27FN6O4/c1-15(2)9-10-24-22(32)20(18-4-3-13-33-18)28(11-12-30)19(31)14-29-26-21(25-27-29)16-5-7-17(23)8-6-16/h3-8,13,15,20,30H,9-12,14H2,1-2H3,(H,24,32). The fourth-order valence-corrected chi connectivity index (χ4v) is 3.19. The molecule has 10 nitrogen and oxygen atoms in total. The highest BCUT2D eigenvalue weighted by Gasteiger charge is 2.33. The summed E-state index contributed by atoms with van der Waals surface area (Å²) in [4.78, 5) is 28.4. The number of rotatable bonds is 11. The summed E-state index contributed by atoms with van der Waals surface area (Å²) >= 11 is 0. The first-order chi connectivity index (χ1) is 15.9. The Morgan fingerprint density at radius 2 is 2.00 bits per heavy atom. The number of nitrogens with one attached hydrogen (secondary N) is 1. The third kappa shape index (κ3) is 6.45. The second-order valence-corrected chi connectivity index (χ2v) is 7.85. The molecule has 176 valence electrons. The molecule has 2 heterocycles. The quantitative estimate of drug-likeness (QED) is 0.449. The van der Waals surface area contributed by atoms with Crippen LogP contribution >= 0.6 is 0 Å². The number of hydrogen-bond acceptors (Lipinski definition) is 7. The largest absolute Gasteiger partial charge is 0.467 e. The molecule has 2 amide bonds. The lowest BCUT2D eigenvalue weighted by molar-refractivity contribution is -0.143. The summed E-state index contributed by atoms with van der Waals surface area (Å²) < 4.78 is 18.6. The van der Waals surface area contributed by atoms with Gasteiger partial charge in [0.15, 0.2) is 6.04 Å². The highest BCUT2D eigenvalue weighted by Crippen LogP contribution is 2.22. The maximum absolute atomic E-state index is 13.1. The maximum atomic E-state index is 13.1. The Kier molecular flexibility index (Phi) is 8.25. The van der Waals surface area contributed by atoms with Crippen LogP contribution in [0.4, 0.5) is 4.39 Å². The highest BCUT2D eigenvalue weighted by molar-refractivity contribution is 5.88. The van der Waals surface area contributed by atoms with Crippen LogP contribution in [0.15, 0.2) is 47.1 Å². The Labute approximate surface area is 190 Å². The van der Waals surface area contributed by atoms with Gasteiger partial charge in [-0.25, -0.2) is 4.39 Å². The number of furan rings is 1. The van der Waals surface area contributed by atoms with Crippen molar-refractivity contribution in [2.75, 3.05) is 19.7 Å². The number of aliphatic hydroxyl groups excluding tert-OH is 1. The average Bonchev–Trinajstić information content (AvgIpc) is 3.46. The minimum absolute atomic E-state index is 0.0959. The zero-order valence-corrected chi connectivity index (χ0v) is 18.5. The first-order valence-electron chi connectivity index (χ1n) is 10.6. The van der Waals surface area contributed by atoms with Crippen LogP contribution in [-0.4, -0.2) is 61.7 Å². The summed E-state index contributed by atoms with van der Waals surface area (Å²) in [6.45, 7) is 3.77. The molecular formula is C22H27FN6O4. The molecule has 0 aliphatic heterocycles. The van der Waals surface area contributed by atoms with Crippen LogP contribution in [-0.2, 0) is 16.1 Å². The molecule has 0 aliphatic rings. The maximum Gasteiger partial charge on any atom is 0.250 e. The van der Waals surface area contributed by atoms with Gasteiger partial charge in [0.2, 0.25) is 11.7 Å². The Hall–Kier alpha value is -3.60. The summed E-state index contributed by atoms with van der Waals surface area (Å²) in [5.41, 5.74) is 0.542. The van der Waals surface area contributed by atoms with Crippen molar-refractivity contribution in [2.24, 2.45) is 5.92 Å². The Bertz CT molecular complexity index is 1040. The van der Waals surface area contributed by atoms with Gasteiger partial charge in [-0.15, -0.1) is 10.2 Å². The van der Waals surface area contributed by atoms with Gasteiger partial charge in [-0.3, -0.25) is 9.59 Å². The summed E-state index contributed by atoms with van der Waals surface area (Å²) in [6.07, 6.45) is 2.19. The molecule has 0 aliphatic carbocycles. The second-order valence-electron chi connectivity index (χ2n) is 7.85. The molecule has 0 spiro atoms. The Morgan fingerprint density at radius 1 is 1.24 bits per heavy atom. The van der Waals surface area contributed by atoms with Crippen molar-refractivity contribution in [3.05, 3.63) is 54.2 Å². The lowest BCUT2D eigenvalue weighted by atomic mass is 10.1. The van der Waals surface area contributed by atoms with Gasteiger partial charge in [-0.1, -0.05) is 13.8 Å². The Morgan fingerprint density at radius 3 is 2.64 bits per heavy atom. The summed E-state index contributed by atoms with van der Waals surface area (Å²) in [5.74, 6) is -0.408. The van der Waals surface area contributed by atoms with Gasteiger partial charge in [-0.2, -0.15) is 4.80 Å². The molecule has 11 heteroatoms. The van der Waals surface area contributed by atoms with E-state index in [1.807, 2.05) is 13.8 Å². The van der Waals surface area contributed by atoms with Crippen LogP contribution in [0.1, 0.15) is 32.1 Å². The van der Waals surface area contributed by atoms with Crippen molar-refractivity contribution < 1.29 is 23.5 Å². The molecule has 2 N–H and O–H groups in total. The van der Waals surface area contributed by atoms with E-state index < -0.39 is 23.7 Å². The van der Waals surface area contributed by atoms with E-state index in [1.165, 1.54) is 35.4 Å². The molecule has 1 aromatic carbocycles. The van der Waals surface area contributed by atoms with Gasteiger partial charge >= 0.3 is 0 Å². The minimum Gasteiger partial charge on any atom is -0.467 e. The number of tetrazole rings is 1. The number of carbonyl (C=O) groups excluding carboxylic acids is 2. The van der Waals surface area contributed by atoms with Crippen LogP contribution in [0.2, 0.25) is 0 Å². The lowest BCUT2D eigenvalue weighted by Gasteiger charge is -2.29. The number of halogens is 1. The molecule has 3 aromatic rings. The third-order valence-electron chi connectivity index (χ3n) is 4.89. The molecular weight excluding hydrogens is 431 g/mol. The second kappa shape index (κ2) is 11.3. The number of benzene rings is 1. The van der Waals surface area contributed by atoms with Crippen LogP contribution in [0, 0.1) is 11.7 Å². The van der Waals surface area contributed by atoms with Crippen LogP contribution in [0.5, 0.6) is 0 Å². The smallest absolute Gasteiger partial charge is 0.250 e. The van der Waals surface area contributed by atoms with Crippen molar-refractivity contribution in [3.63, 3.8) is 0 Å². The lowest BCUT2D eigenvalue weighted by Crippen LogP contribution is -2.46. The van der Waals surface area contributed by atoms with Crippen molar-refractivity contribution in [1.82, 2.24) is 30.4 Å². The van der Waals surface area contributed by atoms with Crippen LogP contribution < -0.4 is 5.32 Å². The number of aliphatic hydroxyl groups is 1. The predicted octanol–water partition coefficient (Wildman–Crippen LogP) is 1.80. The Balaban J connectivity index is 1.77. The van der Waals surface area contributed by atoms with Crippen molar-refractivity contribution in [1.29, 1.82) is 0 Å². The third-order valence-corrected chi connectivity index (χ3v) is 4.89. The SMILES string of the molecule is CC(C)CCNC(=O)C(c1ccco1)N(CCO)C(=O)Cn1nnc(-c2ccc(F)cc2)n1. The molecule has 33 heavy (non-hydrogen) atoms. The van der Waals surface area contributed by atoms with Crippen molar-refractivity contribution in [2.45, 2.75) is 32.9 Å². The van der Waals surface area contributed by atoms with E-state index in [2.05, 4.69) is 20.7 Å². The van der Waals surface area contributed by atoms with Gasteiger partial charge in [0.05, 0.1) is 12.9 Å². The molecule has 3 rings (SSSR count). The minimum atomic E-state index is -1.06. The first-order valence-corrected chi connectivity index (χ1v) is 10.6. The zero-order chi connectivity index (χ0) is 23.8. The average molecular weight is 458 g/mol. The molecule has 1 atom stereocenters. The molecule has 0 bridgehead atoms. The monoisotopic (exact) mass is 458 g/mol. The van der Waals surface area contributed by atoms with E-state index in [1.54, 1.807) is 12.1 Å². The molecule has 1 unspecified atom stereocenters. The fraction of sp³-hybridized carbons (Fsp3) is 0.409.